The molecule has 1 aliphatic carbocycles. The van der Waals surface area contributed by atoms with Gasteiger partial charge in [0.25, 0.3) is 10.2 Å². The van der Waals surface area contributed by atoms with Crippen molar-refractivity contribution in [3.8, 4) is 0 Å². The number of nitrogens with zero attached hydrogens (tertiary/aromatic N) is 2. The first kappa shape index (κ1) is 18.5. The average molecular weight is 365 g/mol. The molecular formula is C19H28N2O3S. The van der Waals surface area contributed by atoms with Crippen molar-refractivity contribution in [2.75, 3.05) is 20.1 Å². The number of carbonyl (C=O) groups excluding carboxylic acids is 1. The lowest BCUT2D eigenvalue weighted by Gasteiger charge is -2.34. The van der Waals surface area contributed by atoms with Gasteiger partial charge in [-0.15, -0.1) is 0 Å². The van der Waals surface area contributed by atoms with E-state index in [1.807, 2.05) is 18.2 Å². The smallest absolute Gasteiger partial charge is 0.281 e. The Labute approximate surface area is 151 Å². The Kier molecular flexibility index (Phi) is 5.61. The molecule has 0 aromatic heterocycles. The van der Waals surface area contributed by atoms with Crippen LogP contribution in [0.25, 0.3) is 0 Å². The SMILES string of the molecule is CC(=O)c1ccc2c(c1)CCN(S(=O)(=O)N(C)C1CCCCC1)CC2. The lowest BCUT2D eigenvalue weighted by Crippen LogP contribution is -2.47. The molecule has 0 spiro atoms. The second-order valence-electron chi connectivity index (χ2n) is 7.25. The van der Waals surface area contributed by atoms with Gasteiger partial charge in [-0.1, -0.05) is 31.4 Å². The lowest BCUT2D eigenvalue weighted by atomic mass is 9.96. The standard InChI is InChI=1S/C19H28N2O3S/c1-15(22)17-9-8-16-10-12-21(13-11-18(16)14-17)25(23,24)20(2)19-6-4-3-5-7-19/h8-9,14,19H,3-7,10-13H2,1-2H3. The number of Topliss-reactive ketones (excluding diaryl/α,β-unsaturated/α-hetero) is 1. The molecule has 6 heteroatoms. The van der Waals surface area contributed by atoms with Crippen molar-refractivity contribution in [2.45, 2.75) is 57.9 Å². The Hall–Kier alpha value is -1.24. The van der Waals surface area contributed by atoms with Crippen LogP contribution in [0.5, 0.6) is 0 Å². The average Bonchev–Trinajstić information content (AvgIpc) is 2.84. The van der Waals surface area contributed by atoms with E-state index in [1.165, 1.54) is 6.42 Å². The van der Waals surface area contributed by atoms with Gasteiger partial charge < -0.3 is 0 Å². The van der Waals surface area contributed by atoms with Gasteiger partial charge in [0.05, 0.1) is 0 Å². The summed E-state index contributed by atoms with van der Waals surface area (Å²) >= 11 is 0. The highest BCUT2D eigenvalue weighted by molar-refractivity contribution is 7.86. The predicted octanol–water partition coefficient (Wildman–Crippen LogP) is 2.80. The van der Waals surface area contributed by atoms with Gasteiger partial charge in [-0.25, -0.2) is 0 Å². The maximum Gasteiger partial charge on any atom is 0.281 e. The highest BCUT2D eigenvalue weighted by atomic mass is 32.2. The van der Waals surface area contributed by atoms with Crippen molar-refractivity contribution >= 4 is 16.0 Å². The van der Waals surface area contributed by atoms with E-state index >= 15 is 0 Å². The molecule has 1 aromatic carbocycles. The molecule has 1 saturated carbocycles. The van der Waals surface area contributed by atoms with Gasteiger partial charge in [0.2, 0.25) is 0 Å². The fourth-order valence-corrected chi connectivity index (χ4v) is 5.57. The summed E-state index contributed by atoms with van der Waals surface area (Å²) < 4.78 is 29.3. The van der Waals surface area contributed by atoms with E-state index in [2.05, 4.69) is 0 Å². The second-order valence-corrected chi connectivity index (χ2v) is 9.24. The van der Waals surface area contributed by atoms with E-state index in [9.17, 15) is 13.2 Å². The second kappa shape index (κ2) is 7.56. The Balaban J connectivity index is 1.75. The molecule has 0 atom stereocenters. The third-order valence-corrected chi connectivity index (χ3v) is 7.70. The number of ketones is 1. The monoisotopic (exact) mass is 364 g/mol. The van der Waals surface area contributed by atoms with Crippen molar-refractivity contribution in [3.63, 3.8) is 0 Å². The molecule has 1 heterocycles. The third kappa shape index (κ3) is 3.96. The molecule has 0 bridgehead atoms. The first-order valence-electron chi connectivity index (χ1n) is 9.25. The van der Waals surface area contributed by atoms with Crippen LogP contribution < -0.4 is 0 Å². The maximum atomic E-state index is 13.1. The number of hydrogen-bond acceptors (Lipinski definition) is 3. The molecule has 1 fully saturated rings. The minimum Gasteiger partial charge on any atom is -0.295 e. The minimum atomic E-state index is -3.43. The molecule has 0 unspecified atom stereocenters. The summed E-state index contributed by atoms with van der Waals surface area (Å²) in [6, 6.07) is 5.89. The Morgan fingerprint density at radius 1 is 1.08 bits per heavy atom. The molecule has 0 N–H and O–H groups in total. The highest BCUT2D eigenvalue weighted by Gasteiger charge is 2.33. The molecule has 0 amide bonds. The van der Waals surface area contributed by atoms with Crippen LogP contribution in [0.4, 0.5) is 0 Å². The van der Waals surface area contributed by atoms with Crippen LogP contribution in [0.3, 0.4) is 0 Å². The Morgan fingerprint density at radius 2 is 1.72 bits per heavy atom. The van der Waals surface area contributed by atoms with E-state index < -0.39 is 10.2 Å². The van der Waals surface area contributed by atoms with Crippen molar-refractivity contribution in [3.05, 3.63) is 34.9 Å². The number of rotatable bonds is 4. The van der Waals surface area contributed by atoms with E-state index in [0.717, 1.165) is 36.8 Å². The van der Waals surface area contributed by atoms with E-state index in [4.69, 9.17) is 0 Å². The maximum absolute atomic E-state index is 13.1. The van der Waals surface area contributed by atoms with E-state index in [-0.39, 0.29) is 11.8 Å². The molecule has 2 aliphatic rings. The fourth-order valence-electron chi connectivity index (χ4n) is 3.97. The van der Waals surface area contributed by atoms with Crippen LogP contribution in [0.15, 0.2) is 18.2 Å². The van der Waals surface area contributed by atoms with Gasteiger partial charge >= 0.3 is 0 Å². The zero-order chi connectivity index (χ0) is 18.0. The first-order valence-corrected chi connectivity index (χ1v) is 10.6. The van der Waals surface area contributed by atoms with Gasteiger partial charge in [-0.05, 0) is 49.8 Å². The minimum absolute atomic E-state index is 0.0496. The Bertz CT molecular complexity index is 739. The topological polar surface area (TPSA) is 57.7 Å². The van der Waals surface area contributed by atoms with Gasteiger partial charge in [0.1, 0.15) is 0 Å². The fraction of sp³-hybridized carbons (Fsp3) is 0.632. The molecule has 138 valence electrons. The summed E-state index contributed by atoms with van der Waals surface area (Å²) in [6.45, 7) is 2.55. The van der Waals surface area contributed by atoms with Crippen molar-refractivity contribution in [1.29, 1.82) is 0 Å². The predicted molar refractivity (Wildman–Crippen MR) is 99.0 cm³/mol. The van der Waals surface area contributed by atoms with E-state index in [1.54, 1.807) is 22.6 Å². The van der Waals surface area contributed by atoms with Crippen LogP contribution in [-0.4, -0.2) is 49.0 Å². The van der Waals surface area contributed by atoms with Crippen molar-refractivity contribution in [2.24, 2.45) is 0 Å². The molecule has 0 saturated heterocycles. The quantitative estimate of drug-likeness (QED) is 0.772. The van der Waals surface area contributed by atoms with Crippen molar-refractivity contribution in [1.82, 2.24) is 8.61 Å². The molecule has 3 rings (SSSR count). The summed E-state index contributed by atoms with van der Waals surface area (Å²) in [5, 5.41) is 0. The highest BCUT2D eigenvalue weighted by Crippen LogP contribution is 2.26. The summed E-state index contributed by atoms with van der Waals surface area (Å²) in [5.74, 6) is 0.0496. The lowest BCUT2D eigenvalue weighted by molar-refractivity contribution is 0.101. The first-order chi connectivity index (χ1) is 11.9. The summed E-state index contributed by atoms with van der Waals surface area (Å²) in [7, 11) is -1.70. The molecule has 0 radical (unpaired) electrons. The van der Waals surface area contributed by atoms with Crippen molar-refractivity contribution < 1.29 is 13.2 Å². The van der Waals surface area contributed by atoms with Crippen LogP contribution >= 0.6 is 0 Å². The number of benzene rings is 1. The zero-order valence-corrected chi connectivity index (χ0v) is 16.0. The molecule has 1 aliphatic heterocycles. The molecular weight excluding hydrogens is 336 g/mol. The Morgan fingerprint density at radius 3 is 2.36 bits per heavy atom. The van der Waals surface area contributed by atoms with E-state index in [0.29, 0.717) is 31.5 Å². The summed E-state index contributed by atoms with van der Waals surface area (Å²) in [5.41, 5.74) is 2.96. The van der Waals surface area contributed by atoms with Crippen LogP contribution in [0.1, 0.15) is 60.5 Å². The zero-order valence-electron chi connectivity index (χ0n) is 15.2. The van der Waals surface area contributed by atoms with Gasteiger partial charge in [0.15, 0.2) is 5.78 Å². The number of carbonyl (C=O) groups is 1. The number of hydrogen-bond donors (Lipinski definition) is 0. The molecule has 25 heavy (non-hydrogen) atoms. The van der Waals surface area contributed by atoms with Gasteiger partial charge in [0, 0.05) is 31.7 Å². The normalized spacial score (nSPS) is 20.3. The van der Waals surface area contributed by atoms with Gasteiger partial charge in [-0.2, -0.15) is 17.0 Å². The van der Waals surface area contributed by atoms with Crippen LogP contribution in [0.2, 0.25) is 0 Å². The van der Waals surface area contributed by atoms with Gasteiger partial charge in [-0.3, -0.25) is 4.79 Å². The molecule has 5 nitrogen and oxygen atoms in total. The summed E-state index contributed by atoms with van der Waals surface area (Å²) in [6.07, 6.45) is 6.73. The van der Waals surface area contributed by atoms with Crippen LogP contribution in [-0.2, 0) is 23.1 Å². The largest absolute Gasteiger partial charge is 0.295 e. The van der Waals surface area contributed by atoms with Crippen LogP contribution in [0, 0.1) is 0 Å². The molecule has 1 aromatic rings. The third-order valence-electron chi connectivity index (χ3n) is 5.65. The summed E-state index contributed by atoms with van der Waals surface area (Å²) in [4.78, 5) is 11.6. The number of fused-ring (bicyclic) bond motifs is 1.